The number of fused-ring (bicyclic) bond motifs is 2. The van der Waals surface area contributed by atoms with E-state index in [-0.39, 0.29) is 19.3 Å². The topological polar surface area (TPSA) is 93.6 Å². The van der Waals surface area contributed by atoms with Crippen LogP contribution in [0.3, 0.4) is 0 Å². The number of carbonyl (C=O) groups excluding carboxylic acids is 1. The van der Waals surface area contributed by atoms with E-state index >= 15 is 0 Å². The van der Waals surface area contributed by atoms with Gasteiger partial charge in [0, 0.05) is 47.0 Å². The molecule has 4 aromatic heterocycles. The van der Waals surface area contributed by atoms with Gasteiger partial charge in [0.2, 0.25) is 0 Å². The third-order valence-electron chi connectivity index (χ3n) is 6.45. The molecule has 0 atom stereocenters. The molecule has 41 heavy (non-hydrogen) atoms. The van der Waals surface area contributed by atoms with Crippen molar-refractivity contribution in [3.8, 4) is 5.75 Å². The second-order valence-corrected chi connectivity index (χ2v) is 12.8. The summed E-state index contributed by atoms with van der Waals surface area (Å²) in [5.74, 6) is 1.51. The maximum atomic E-state index is 13.0. The van der Waals surface area contributed by atoms with Crippen molar-refractivity contribution in [2.45, 2.75) is 53.1 Å². The lowest BCUT2D eigenvalue weighted by Crippen LogP contribution is -2.53. The fraction of sp³-hybridized carbons (Fsp3) is 0.483. The van der Waals surface area contributed by atoms with E-state index in [9.17, 15) is 9.18 Å². The van der Waals surface area contributed by atoms with E-state index < -0.39 is 5.60 Å². The normalized spacial score (nSPS) is 15.0. The third kappa shape index (κ3) is 9.14. The van der Waals surface area contributed by atoms with E-state index in [2.05, 4.69) is 41.8 Å². The predicted octanol–water partition coefficient (Wildman–Crippen LogP) is 6.99. The average molecular weight is 699 g/mol. The van der Waals surface area contributed by atoms with Gasteiger partial charge in [-0.25, -0.2) is 19.2 Å². The number of carbonyl (C=O) groups is 1. The van der Waals surface area contributed by atoms with Crippen LogP contribution in [-0.2, 0) is 4.74 Å². The molecule has 0 spiro atoms. The molecule has 1 saturated heterocycles. The van der Waals surface area contributed by atoms with E-state index in [0.717, 1.165) is 15.7 Å². The van der Waals surface area contributed by atoms with E-state index in [4.69, 9.17) is 14.6 Å². The van der Waals surface area contributed by atoms with Crippen LogP contribution in [0.2, 0.25) is 0 Å². The lowest BCUT2D eigenvalue weighted by Gasteiger charge is -2.39. The average Bonchev–Trinajstić information content (AvgIpc) is 3.46. The molecule has 12 heteroatoms. The highest BCUT2D eigenvalue weighted by atomic mass is 79.9. The molecule has 4 aromatic rings. The maximum Gasteiger partial charge on any atom is 0.410 e. The molecular weight excluding hydrogens is 661 g/mol. The number of likely N-dealkylation sites (tertiary alicyclic amines) is 1. The van der Waals surface area contributed by atoms with Crippen molar-refractivity contribution in [1.29, 1.82) is 0 Å². The first-order chi connectivity index (χ1) is 19.0. The molecule has 9 nitrogen and oxygen atoms in total. The van der Waals surface area contributed by atoms with E-state index in [1.54, 1.807) is 34.3 Å². The zero-order valence-corrected chi connectivity index (χ0v) is 25.9. The molecular formula is C29H38Br2FN5O4. The van der Waals surface area contributed by atoms with Crippen LogP contribution in [0.25, 0.3) is 11.0 Å². The Kier molecular flexibility index (Phi) is 11.6. The van der Waals surface area contributed by atoms with Crippen molar-refractivity contribution in [3.05, 3.63) is 64.3 Å². The minimum absolute atomic E-state index is 0. The van der Waals surface area contributed by atoms with Crippen LogP contribution < -0.4 is 4.74 Å². The highest BCUT2D eigenvalue weighted by molar-refractivity contribution is 9.10. The van der Waals surface area contributed by atoms with Gasteiger partial charge in [0.05, 0.1) is 31.7 Å². The summed E-state index contributed by atoms with van der Waals surface area (Å²) in [7, 11) is 0. The van der Waals surface area contributed by atoms with Crippen LogP contribution in [-0.4, -0.2) is 66.8 Å². The van der Waals surface area contributed by atoms with Crippen LogP contribution in [0.1, 0.15) is 47.5 Å². The number of rotatable bonds is 4. The molecule has 0 unspecified atom stereocenters. The van der Waals surface area contributed by atoms with Gasteiger partial charge in [0.1, 0.15) is 28.2 Å². The second kappa shape index (κ2) is 14.5. The van der Waals surface area contributed by atoms with Crippen molar-refractivity contribution in [2.24, 2.45) is 11.8 Å². The lowest BCUT2D eigenvalue weighted by atomic mass is 9.86. The molecule has 1 N–H and O–H groups in total. The molecule has 1 amide bonds. The van der Waals surface area contributed by atoms with Gasteiger partial charge in [0.15, 0.2) is 0 Å². The highest BCUT2D eigenvalue weighted by Gasteiger charge is 2.34. The van der Waals surface area contributed by atoms with Gasteiger partial charge in [0.25, 0.3) is 0 Å². The third-order valence-corrected chi connectivity index (χ3v) is 7.32. The minimum Gasteiger partial charge on any atom is -0.491 e. The first kappa shape index (κ1) is 32.8. The molecule has 1 aliphatic carbocycles. The van der Waals surface area contributed by atoms with Crippen molar-refractivity contribution in [1.82, 2.24) is 23.7 Å². The molecule has 0 aromatic carbocycles. The van der Waals surface area contributed by atoms with E-state index in [1.807, 2.05) is 37.4 Å². The standard InChI is InChI=1S/C16H20BrN3O3.C7H4BrFN2.C5H10O.CH4/c1-16(2,3)23-15(21)19-6-11(7-19)9-22-14-4-12(17)8-20-10-18-5-13(14)20;8-5-1-6(9)7-2-10-4-11(7)3-5;6-4-5-2-1-3-5;/h4-5,8,10-11H,6-7,9H2,1-3H3;1-4H;5-6H,1-4H2;1H4. The number of halogens is 3. The molecule has 2 fully saturated rings. The number of hydrogen-bond donors (Lipinski definition) is 1. The number of aliphatic hydroxyl groups excluding tert-OH is 1. The van der Waals surface area contributed by atoms with Crippen LogP contribution in [0.15, 0.2) is 58.5 Å². The van der Waals surface area contributed by atoms with E-state index in [0.29, 0.717) is 48.1 Å². The van der Waals surface area contributed by atoms with Gasteiger partial charge in [-0.3, -0.25) is 0 Å². The molecule has 6 rings (SSSR count). The zero-order valence-electron chi connectivity index (χ0n) is 22.8. The summed E-state index contributed by atoms with van der Waals surface area (Å²) in [6.07, 6.45) is 13.8. The van der Waals surface area contributed by atoms with Crippen molar-refractivity contribution in [3.63, 3.8) is 0 Å². The quantitative estimate of drug-likeness (QED) is 0.247. The van der Waals surface area contributed by atoms with Crippen LogP contribution in [0.4, 0.5) is 9.18 Å². The van der Waals surface area contributed by atoms with Crippen LogP contribution in [0.5, 0.6) is 5.75 Å². The lowest BCUT2D eigenvalue weighted by molar-refractivity contribution is -0.00775. The maximum absolute atomic E-state index is 13.0. The number of amides is 1. The largest absolute Gasteiger partial charge is 0.491 e. The Morgan fingerprint density at radius 3 is 2.15 bits per heavy atom. The molecule has 1 aliphatic heterocycles. The fourth-order valence-electron chi connectivity index (χ4n) is 4.07. The van der Waals surface area contributed by atoms with Gasteiger partial charge in [-0.2, -0.15) is 0 Å². The molecule has 224 valence electrons. The zero-order chi connectivity index (χ0) is 28.9. The Labute approximate surface area is 256 Å². The summed E-state index contributed by atoms with van der Waals surface area (Å²) < 4.78 is 29.4. The molecule has 0 bridgehead atoms. The number of imidazole rings is 2. The van der Waals surface area contributed by atoms with Gasteiger partial charge >= 0.3 is 6.09 Å². The first-order valence-electron chi connectivity index (χ1n) is 13.1. The predicted molar refractivity (Wildman–Crippen MR) is 164 cm³/mol. The summed E-state index contributed by atoms with van der Waals surface area (Å²) in [5.41, 5.74) is 0.965. The highest BCUT2D eigenvalue weighted by Crippen LogP contribution is 2.27. The minimum atomic E-state index is -0.456. The Morgan fingerprint density at radius 1 is 1.02 bits per heavy atom. The summed E-state index contributed by atoms with van der Waals surface area (Å²) in [6, 6.07) is 3.35. The molecule has 2 aliphatic rings. The Hall–Kier alpha value is -2.70. The summed E-state index contributed by atoms with van der Waals surface area (Å²) >= 11 is 6.64. The number of nitrogens with zero attached hydrogens (tertiary/aromatic N) is 5. The van der Waals surface area contributed by atoms with Crippen molar-refractivity contribution in [2.75, 3.05) is 26.3 Å². The number of hydrogen-bond acceptors (Lipinski definition) is 6. The number of aromatic nitrogens is 4. The monoisotopic (exact) mass is 697 g/mol. The summed E-state index contributed by atoms with van der Waals surface area (Å²) in [4.78, 5) is 21.5. The molecule has 1 saturated carbocycles. The summed E-state index contributed by atoms with van der Waals surface area (Å²) in [5, 5.41) is 8.39. The smallest absolute Gasteiger partial charge is 0.410 e. The SMILES string of the molecule is C.CC(C)(C)OC(=O)N1CC(COc2cc(Br)cn3cncc23)C1.Fc1cc(Br)cn2cncc12.OCC1CCC1. The van der Waals surface area contributed by atoms with Crippen LogP contribution in [0, 0.1) is 17.7 Å². The number of aliphatic hydroxyl groups is 1. The fourth-order valence-corrected chi connectivity index (χ4v) is 4.92. The van der Waals surface area contributed by atoms with E-state index in [1.165, 1.54) is 31.5 Å². The van der Waals surface area contributed by atoms with Gasteiger partial charge in [-0.05, 0) is 83.5 Å². The summed E-state index contributed by atoms with van der Waals surface area (Å²) in [6.45, 7) is 7.92. The van der Waals surface area contributed by atoms with Crippen molar-refractivity contribution >= 4 is 49.0 Å². The molecule has 0 radical (unpaired) electrons. The Morgan fingerprint density at radius 2 is 1.61 bits per heavy atom. The van der Waals surface area contributed by atoms with Crippen LogP contribution >= 0.6 is 31.9 Å². The van der Waals surface area contributed by atoms with Gasteiger partial charge in [-0.1, -0.05) is 13.8 Å². The second-order valence-electron chi connectivity index (χ2n) is 10.9. The Balaban J connectivity index is 0.000000211. The number of ether oxygens (including phenoxy) is 2. The Bertz CT molecular complexity index is 1430. The van der Waals surface area contributed by atoms with Gasteiger partial charge < -0.3 is 28.3 Å². The van der Waals surface area contributed by atoms with Crippen molar-refractivity contribution < 1.29 is 23.8 Å². The van der Waals surface area contributed by atoms with Gasteiger partial charge in [-0.15, -0.1) is 0 Å². The molecule has 5 heterocycles. The number of pyridine rings is 2. The first-order valence-corrected chi connectivity index (χ1v) is 14.7.